The van der Waals surface area contributed by atoms with Gasteiger partial charge in [-0.15, -0.1) is 11.8 Å². The van der Waals surface area contributed by atoms with Gasteiger partial charge >= 0.3 is 0 Å². The summed E-state index contributed by atoms with van der Waals surface area (Å²) in [5.41, 5.74) is 3.93. The average Bonchev–Trinajstić information content (AvgIpc) is 3.01. The van der Waals surface area contributed by atoms with E-state index in [1.165, 1.54) is 0 Å². The molecule has 0 aliphatic carbocycles. The van der Waals surface area contributed by atoms with E-state index in [0.717, 1.165) is 70.7 Å². The number of carbonyl (C=O) groups excluding carboxylic acids is 1. The van der Waals surface area contributed by atoms with Crippen LogP contribution in [0.25, 0.3) is 0 Å². The van der Waals surface area contributed by atoms with Crippen LogP contribution in [-0.4, -0.2) is 49.3 Å². The standard InChI is InChI=1S/C25H29N3O3S/c1-18-23(19(2)31-26-18)17-32-24-8-5-4-7-22(24)25(29)28-14-6-13-27(15-16-28)20-9-11-21(30-3)12-10-20/h4-5,7-12H,6,13-17H2,1-3H3. The lowest BCUT2D eigenvalue weighted by molar-refractivity contribution is 0.0763. The Morgan fingerprint density at radius 2 is 1.84 bits per heavy atom. The summed E-state index contributed by atoms with van der Waals surface area (Å²) in [5, 5.41) is 4.04. The highest BCUT2D eigenvalue weighted by atomic mass is 32.2. The fraction of sp³-hybridized carbons (Fsp3) is 0.360. The molecule has 0 atom stereocenters. The Bertz CT molecular complexity index is 1050. The van der Waals surface area contributed by atoms with Crippen LogP contribution in [0, 0.1) is 13.8 Å². The Labute approximate surface area is 193 Å². The van der Waals surface area contributed by atoms with Crippen molar-refractivity contribution in [3.05, 3.63) is 71.1 Å². The number of thioether (sulfide) groups is 1. The fourth-order valence-electron chi connectivity index (χ4n) is 3.97. The van der Waals surface area contributed by atoms with E-state index >= 15 is 0 Å². The molecule has 4 rings (SSSR count). The SMILES string of the molecule is COc1ccc(N2CCCN(C(=O)c3ccccc3SCc3c(C)noc3C)CC2)cc1. The van der Waals surface area contributed by atoms with Gasteiger partial charge in [-0.25, -0.2) is 0 Å². The number of benzene rings is 2. The minimum atomic E-state index is 0.100. The average molecular weight is 452 g/mol. The number of hydrogen-bond acceptors (Lipinski definition) is 6. The second-order valence-corrected chi connectivity index (χ2v) is 8.94. The molecular formula is C25H29N3O3S. The Hall–Kier alpha value is -2.93. The first-order chi connectivity index (χ1) is 15.6. The molecule has 3 aromatic rings. The van der Waals surface area contributed by atoms with Gasteiger partial charge in [-0.2, -0.15) is 0 Å². The van der Waals surface area contributed by atoms with E-state index in [4.69, 9.17) is 9.26 Å². The summed E-state index contributed by atoms with van der Waals surface area (Å²) in [6.45, 7) is 7.08. The van der Waals surface area contributed by atoms with Gasteiger partial charge in [0.2, 0.25) is 0 Å². The molecule has 1 amide bonds. The maximum atomic E-state index is 13.4. The molecule has 2 aromatic carbocycles. The number of aromatic nitrogens is 1. The number of amides is 1. The third kappa shape index (κ3) is 4.93. The van der Waals surface area contributed by atoms with Crippen molar-refractivity contribution in [3.63, 3.8) is 0 Å². The van der Waals surface area contributed by atoms with E-state index in [0.29, 0.717) is 6.54 Å². The molecule has 32 heavy (non-hydrogen) atoms. The lowest BCUT2D eigenvalue weighted by Crippen LogP contribution is -2.35. The van der Waals surface area contributed by atoms with Gasteiger partial charge in [-0.1, -0.05) is 17.3 Å². The monoisotopic (exact) mass is 451 g/mol. The summed E-state index contributed by atoms with van der Waals surface area (Å²) >= 11 is 1.66. The first-order valence-corrected chi connectivity index (χ1v) is 11.9. The van der Waals surface area contributed by atoms with Gasteiger partial charge in [0.15, 0.2) is 0 Å². The molecule has 1 aliphatic heterocycles. The van der Waals surface area contributed by atoms with Crippen molar-refractivity contribution in [2.75, 3.05) is 38.2 Å². The predicted octanol–water partition coefficient (Wildman–Crippen LogP) is 4.94. The first-order valence-electron chi connectivity index (χ1n) is 10.9. The van der Waals surface area contributed by atoms with Crippen molar-refractivity contribution >= 4 is 23.4 Å². The van der Waals surface area contributed by atoms with Gasteiger partial charge in [0.25, 0.3) is 5.91 Å². The molecule has 6 nitrogen and oxygen atoms in total. The van der Waals surface area contributed by atoms with E-state index < -0.39 is 0 Å². The summed E-state index contributed by atoms with van der Waals surface area (Å²) in [6.07, 6.45) is 0.937. The van der Waals surface area contributed by atoms with E-state index in [1.807, 2.05) is 55.1 Å². The molecule has 7 heteroatoms. The number of carbonyl (C=O) groups is 1. The van der Waals surface area contributed by atoms with Crippen LogP contribution in [0.1, 0.15) is 33.8 Å². The molecule has 1 aromatic heterocycles. The molecule has 0 spiro atoms. The normalized spacial score (nSPS) is 14.3. The number of aryl methyl sites for hydroxylation is 2. The van der Waals surface area contributed by atoms with Gasteiger partial charge in [0, 0.05) is 48.1 Å². The first kappa shape index (κ1) is 22.3. The van der Waals surface area contributed by atoms with Crippen LogP contribution in [-0.2, 0) is 5.75 Å². The summed E-state index contributed by atoms with van der Waals surface area (Å²) in [4.78, 5) is 18.8. The molecule has 0 bridgehead atoms. The topological polar surface area (TPSA) is 58.8 Å². The molecule has 2 heterocycles. The highest BCUT2D eigenvalue weighted by molar-refractivity contribution is 7.98. The van der Waals surface area contributed by atoms with Gasteiger partial charge < -0.3 is 19.1 Å². The fourth-order valence-corrected chi connectivity index (χ4v) is 5.17. The van der Waals surface area contributed by atoms with Gasteiger partial charge in [0.1, 0.15) is 11.5 Å². The van der Waals surface area contributed by atoms with Crippen molar-refractivity contribution in [2.45, 2.75) is 30.9 Å². The van der Waals surface area contributed by atoms with Crippen LogP contribution in [0.3, 0.4) is 0 Å². The molecule has 1 fully saturated rings. The molecule has 0 radical (unpaired) electrons. The molecular weight excluding hydrogens is 422 g/mol. The van der Waals surface area contributed by atoms with Crippen LogP contribution >= 0.6 is 11.8 Å². The second-order valence-electron chi connectivity index (χ2n) is 7.92. The zero-order chi connectivity index (χ0) is 22.5. The second kappa shape index (κ2) is 10.1. The number of methoxy groups -OCH3 is 1. The highest BCUT2D eigenvalue weighted by Crippen LogP contribution is 2.30. The van der Waals surface area contributed by atoms with Gasteiger partial charge in [0.05, 0.1) is 18.4 Å². The smallest absolute Gasteiger partial charge is 0.255 e. The summed E-state index contributed by atoms with van der Waals surface area (Å²) in [5.74, 6) is 2.52. The number of nitrogens with zero attached hydrogens (tertiary/aromatic N) is 3. The van der Waals surface area contributed by atoms with E-state index in [2.05, 4.69) is 22.2 Å². The zero-order valence-corrected chi connectivity index (χ0v) is 19.7. The Balaban J connectivity index is 1.44. The molecule has 0 saturated carbocycles. The van der Waals surface area contributed by atoms with E-state index in [1.54, 1.807) is 18.9 Å². The molecule has 168 valence electrons. The van der Waals surface area contributed by atoms with Crippen molar-refractivity contribution in [1.82, 2.24) is 10.1 Å². The Morgan fingerprint density at radius 3 is 2.56 bits per heavy atom. The van der Waals surface area contributed by atoms with Gasteiger partial charge in [-0.05, 0) is 56.7 Å². The Morgan fingerprint density at radius 1 is 1.06 bits per heavy atom. The van der Waals surface area contributed by atoms with E-state index in [-0.39, 0.29) is 5.91 Å². The van der Waals surface area contributed by atoms with Crippen LogP contribution < -0.4 is 9.64 Å². The Kier molecular flexibility index (Phi) is 7.05. The highest BCUT2D eigenvalue weighted by Gasteiger charge is 2.23. The lowest BCUT2D eigenvalue weighted by Gasteiger charge is -2.24. The quantitative estimate of drug-likeness (QED) is 0.495. The van der Waals surface area contributed by atoms with Crippen molar-refractivity contribution in [1.29, 1.82) is 0 Å². The van der Waals surface area contributed by atoms with Crippen molar-refractivity contribution < 1.29 is 14.1 Å². The lowest BCUT2D eigenvalue weighted by atomic mass is 10.2. The molecule has 1 aliphatic rings. The number of rotatable bonds is 6. The number of ether oxygens (including phenoxy) is 1. The van der Waals surface area contributed by atoms with Crippen LogP contribution in [0.4, 0.5) is 5.69 Å². The minimum absolute atomic E-state index is 0.100. The third-order valence-corrected chi connectivity index (χ3v) is 6.99. The maximum absolute atomic E-state index is 13.4. The number of anilines is 1. The zero-order valence-electron chi connectivity index (χ0n) is 18.8. The molecule has 0 N–H and O–H groups in total. The summed E-state index contributed by atoms with van der Waals surface area (Å²) in [6, 6.07) is 16.0. The van der Waals surface area contributed by atoms with E-state index in [9.17, 15) is 4.79 Å². The van der Waals surface area contributed by atoms with Gasteiger partial charge in [-0.3, -0.25) is 4.79 Å². The predicted molar refractivity (Wildman–Crippen MR) is 128 cm³/mol. The third-order valence-electron chi connectivity index (χ3n) is 5.89. The molecule has 1 saturated heterocycles. The van der Waals surface area contributed by atoms with Crippen molar-refractivity contribution in [2.24, 2.45) is 0 Å². The van der Waals surface area contributed by atoms with Crippen LogP contribution in [0.5, 0.6) is 5.75 Å². The number of hydrogen-bond donors (Lipinski definition) is 0. The maximum Gasteiger partial charge on any atom is 0.255 e. The summed E-state index contributed by atoms with van der Waals surface area (Å²) < 4.78 is 10.5. The van der Waals surface area contributed by atoms with Crippen LogP contribution in [0.15, 0.2) is 57.9 Å². The van der Waals surface area contributed by atoms with Crippen LogP contribution in [0.2, 0.25) is 0 Å². The van der Waals surface area contributed by atoms with Crippen molar-refractivity contribution in [3.8, 4) is 5.75 Å². The minimum Gasteiger partial charge on any atom is -0.497 e. The molecule has 0 unspecified atom stereocenters. The largest absolute Gasteiger partial charge is 0.497 e. The summed E-state index contributed by atoms with van der Waals surface area (Å²) in [7, 11) is 1.68.